The lowest BCUT2D eigenvalue weighted by Crippen LogP contribution is -2.45. The smallest absolute Gasteiger partial charge is 0.191 e. The second-order valence-electron chi connectivity index (χ2n) is 7.02. The van der Waals surface area contributed by atoms with Crippen LogP contribution in [-0.4, -0.2) is 71.1 Å². The standard InChI is InChI=1S/C19H37N7O.HI/c1-5-26-12-9-10-17(26)14-21-19(20-11-7-8-13-27-6-2)22-15-18-24-23-16(3)25(18)4;/h17H,5-15H2,1-4H3,(H2,20,21,22);1H. The first-order valence-corrected chi connectivity index (χ1v) is 10.3. The average molecular weight is 507 g/mol. The summed E-state index contributed by atoms with van der Waals surface area (Å²) in [5.41, 5.74) is 0. The van der Waals surface area contributed by atoms with Crippen molar-refractivity contribution in [2.45, 2.75) is 59.0 Å². The van der Waals surface area contributed by atoms with Crippen molar-refractivity contribution in [3.63, 3.8) is 0 Å². The van der Waals surface area contributed by atoms with Gasteiger partial charge in [-0.3, -0.25) is 4.90 Å². The van der Waals surface area contributed by atoms with Crippen LogP contribution in [0.1, 0.15) is 51.2 Å². The zero-order valence-corrected chi connectivity index (χ0v) is 20.2. The summed E-state index contributed by atoms with van der Waals surface area (Å²) in [6, 6.07) is 0.594. The highest BCUT2D eigenvalue weighted by atomic mass is 127. The van der Waals surface area contributed by atoms with Crippen molar-refractivity contribution < 1.29 is 4.74 Å². The first-order valence-electron chi connectivity index (χ1n) is 10.3. The lowest BCUT2D eigenvalue weighted by molar-refractivity contribution is 0.143. The summed E-state index contributed by atoms with van der Waals surface area (Å²) >= 11 is 0. The largest absolute Gasteiger partial charge is 0.382 e. The van der Waals surface area contributed by atoms with E-state index in [9.17, 15) is 0 Å². The summed E-state index contributed by atoms with van der Waals surface area (Å²) < 4.78 is 7.39. The van der Waals surface area contributed by atoms with Crippen LogP contribution < -0.4 is 10.6 Å². The van der Waals surface area contributed by atoms with Gasteiger partial charge in [0.15, 0.2) is 11.8 Å². The van der Waals surface area contributed by atoms with Crippen molar-refractivity contribution in [3.8, 4) is 0 Å². The van der Waals surface area contributed by atoms with Crippen molar-refractivity contribution >= 4 is 29.9 Å². The Bertz CT molecular complexity index is 579. The number of guanidine groups is 1. The molecule has 9 heteroatoms. The first-order chi connectivity index (χ1) is 13.2. The number of ether oxygens (including phenoxy) is 1. The number of halogens is 1. The molecule has 0 radical (unpaired) electrons. The Labute approximate surface area is 186 Å². The summed E-state index contributed by atoms with van der Waals surface area (Å²) in [5.74, 6) is 2.64. The Morgan fingerprint density at radius 2 is 2.07 bits per heavy atom. The third kappa shape index (κ3) is 8.20. The van der Waals surface area contributed by atoms with Crippen molar-refractivity contribution in [3.05, 3.63) is 11.6 Å². The van der Waals surface area contributed by atoms with E-state index in [1.54, 1.807) is 0 Å². The summed E-state index contributed by atoms with van der Waals surface area (Å²) in [7, 11) is 1.98. The van der Waals surface area contributed by atoms with Gasteiger partial charge in [0.05, 0.1) is 0 Å². The maximum absolute atomic E-state index is 5.40. The molecule has 1 aliphatic heterocycles. The molecular formula is C19H38IN7O. The topological polar surface area (TPSA) is 79.6 Å². The minimum absolute atomic E-state index is 0. The highest BCUT2D eigenvalue weighted by Crippen LogP contribution is 2.15. The molecule has 2 N–H and O–H groups in total. The van der Waals surface area contributed by atoms with Gasteiger partial charge >= 0.3 is 0 Å². The Kier molecular flexibility index (Phi) is 12.6. The number of nitrogens with zero attached hydrogens (tertiary/aromatic N) is 5. The van der Waals surface area contributed by atoms with E-state index in [2.05, 4.69) is 32.7 Å². The van der Waals surface area contributed by atoms with Crippen molar-refractivity contribution in [1.29, 1.82) is 0 Å². The molecule has 1 aromatic rings. The van der Waals surface area contributed by atoms with E-state index in [0.717, 1.165) is 63.3 Å². The summed E-state index contributed by atoms with van der Waals surface area (Å²) in [6.07, 6.45) is 4.66. The van der Waals surface area contributed by atoms with Crippen molar-refractivity contribution in [2.24, 2.45) is 12.0 Å². The van der Waals surface area contributed by atoms with Gasteiger partial charge in [0.2, 0.25) is 0 Å². The number of unbranched alkanes of at least 4 members (excludes halogenated alkanes) is 1. The van der Waals surface area contributed by atoms with Crippen LogP contribution in [0.5, 0.6) is 0 Å². The molecule has 2 heterocycles. The fourth-order valence-electron chi connectivity index (χ4n) is 3.35. The summed E-state index contributed by atoms with van der Waals surface area (Å²) in [6.45, 7) is 12.5. The van der Waals surface area contributed by atoms with E-state index >= 15 is 0 Å². The predicted molar refractivity (Wildman–Crippen MR) is 124 cm³/mol. The maximum Gasteiger partial charge on any atom is 0.191 e. The normalized spacial score (nSPS) is 17.6. The van der Waals surface area contributed by atoms with Gasteiger partial charge in [0, 0.05) is 39.4 Å². The van der Waals surface area contributed by atoms with Crippen LogP contribution in [-0.2, 0) is 18.3 Å². The van der Waals surface area contributed by atoms with Gasteiger partial charge in [-0.15, -0.1) is 34.2 Å². The molecule has 1 aliphatic rings. The van der Waals surface area contributed by atoms with E-state index in [-0.39, 0.29) is 24.0 Å². The third-order valence-electron chi connectivity index (χ3n) is 5.18. The van der Waals surface area contributed by atoms with Crippen LogP contribution in [0.3, 0.4) is 0 Å². The number of aryl methyl sites for hydroxylation is 1. The number of hydrogen-bond donors (Lipinski definition) is 2. The average Bonchev–Trinajstić information content (AvgIpc) is 3.26. The van der Waals surface area contributed by atoms with Gasteiger partial charge in [-0.1, -0.05) is 6.92 Å². The fraction of sp³-hybridized carbons (Fsp3) is 0.842. The minimum atomic E-state index is 0. The Morgan fingerprint density at radius 1 is 1.25 bits per heavy atom. The molecule has 0 bridgehead atoms. The molecule has 0 aromatic carbocycles. The molecule has 1 fully saturated rings. The molecule has 2 rings (SSSR count). The Morgan fingerprint density at radius 3 is 2.75 bits per heavy atom. The van der Waals surface area contributed by atoms with E-state index in [0.29, 0.717) is 12.6 Å². The lowest BCUT2D eigenvalue weighted by atomic mass is 10.2. The van der Waals surface area contributed by atoms with Gasteiger partial charge < -0.3 is 19.9 Å². The zero-order chi connectivity index (χ0) is 19.5. The van der Waals surface area contributed by atoms with E-state index in [4.69, 9.17) is 9.73 Å². The molecule has 1 unspecified atom stereocenters. The number of likely N-dealkylation sites (N-methyl/N-ethyl adjacent to an activating group) is 1. The molecule has 8 nitrogen and oxygen atoms in total. The molecule has 0 amide bonds. The minimum Gasteiger partial charge on any atom is -0.382 e. The molecule has 0 saturated carbocycles. The molecule has 28 heavy (non-hydrogen) atoms. The third-order valence-corrected chi connectivity index (χ3v) is 5.18. The number of likely N-dealkylation sites (tertiary alicyclic amines) is 1. The molecule has 1 saturated heterocycles. The maximum atomic E-state index is 5.40. The van der Waals surface area contributed by atoms with Crippen LogP contribution in [0.15, 0.2) is 4.99 Å². The van der Waals surface area contributed by atoms with Crippen LogP contribution in [0.25, 0.3) is 0 Å². The number of aliphatic imine (C=N–C) groups is 1. The molecule has 0 aliphatic carbocycles. The highest BCUT2D eigenvalue weighted by molar-refractivity contribution is 14.0. The fourth-order valence-corrected chi connectivity index (χ4v) is 3.35. The number of hydrogen-bond acceptors (Lipinski definition) is 5. The number of aromatic nitrogens is 3. The van der Waals surface area contributed by atoms with Crippen molar-refractivity contribution in [2.75, 3.05) is 39.4 Å². The van der Waals surface area contributed by atoms with Gasteiger partial charge in [-0.25, -0.2) is 4.99 Å². The monoisotopic (exact) mass is 507 g/mol. The van der Waals surface area contributed by atoms with Crippen LogP contribution in [0, 0.1) is 6.92 Å². The van der Waals surface area contributed by atoms with E-state index < -0.39 is 0 Å². The Balaban J connectivity index is 0.00000392. The van der Waals surface area contributed by atoms with Gasteiger partial charge in [0.1, 0.15) is 12.4 Å². The second-order valence-corrected chi connectivity index (χ2v) is 7.02. The quantitative estimate of drug-likeness (QED) is 0.207. The number of rotatable bonds is 11. The van der Waals surface area contributed by atoms with Crippen LogP contribution in [0.4, 0.5) is 0 Å². The molecule has 0 spiro atoms. The zero-order valence-electron chi connectivity index (χ0n) is 17.9. The first kappa shape index (κ1) is 25.1. The summed E-state index contributed by atoms with van der Waals surface area (Å²) in [5, 5.41) is 15.3. The SMILES string of the molecule is CCOCCCCNC(=NCc1nnc(C)n1C)NCC1CCCN1CC.I. The number of nitrogens with one attached hydrogen (secondary N) is 2. The molecule has 1 atom stereocenters. The van der Waals surface area contributed by atoms with Gasteiger partial charge in [-0.05, 0) is 52.6 Å². The highest BCUT2D eigenvalue weighted by Gasteiger charge is 2.22. The van der Waals surface area contributed by atoms with Crippen LogP contribution in [0.2, 0.25) is 0 Å². The second kappa shape index (κ2) is 14.1. The lowest BCUT2D eigenvalue weighted by Gasteiger charge is -2.24. The predicted octanol–water partition coefficient (Wildman–Crippen LogP) is 2.08. The molecule has 162 valence electrons. The summed E-state index contributed by atoms with van der Waals surface area (Å²) in [4.78, 5) is 7.28. The molecule has 1 aromatic heterocycles. The molecular weight excluding hydrogens is 469 g/mol. The van der Waals surface area contributed by atoms with Crippen molar-refractivity contribution in [1.82, 2.24) is 30.3 Å². The van der Waals surface area contributed by atoms with Gasteiger partial charge in [0.25, 0.3) is 0 Å². The van der Waals surface area contributed by atoms with E-state index in [1.807, 2.05) is 25.5 Å². The van der Waals surface area contributed by atoms with E-state index in [1.165, 1.54) is 19.4 Å². The van der Waals surface area contributed by atoms with Crippen LogP contribution >= 0.6 is 24.0 Å². The van der Waals surface area contributed by atoms with Gasteiger partial charge in [-0.2, -0.15) is 0 Å². The Hall–Kier alpha value is -0.940.